The van der Waals surface area contributed by atoms with E-state index in [1.54, 1.807) is 42.5 Å². The number of halogens is 1. The van der Waals surface area contributed by atoms with Crippen LogP contribution < -0.4 is 16.0 Å². The number of aryl methyl sites for hydroxylation is 1. The number of nitrogens with zero attached hydrogens (tertiary/aromatic N) is 1. The van der Waals surface area contributed by atoms with Crippen LogP contribution in [0.2, 0.25) is 5.02 Å². The first-order chi connectivity index (χ1) is 12.4. The second-order valence-corrected chi connectivity index (χ2v) is 5.92. The molecule has 2 amide bonds. The third-order valence-corrected chi connectivity index (χ3v) is 3.64. The number of carbonyl (C=O) groups is 2. The molecule has 0 bridgehead atoms. The molecule has 2 rings (SSSR count). The minimum absolute atomic E-state index is 0.0877. The SMILES string of the molecule is CC(=O)Nc1ccc(N/C=C(/C#N)C(=O)Nc2cc(Cl)ccc2C)cc1. The summed E-state index contributed by atoms with van der Waals surface area (Å²) in [6, 6.07) is 13.8. The maximum absolute atomic E-state index is 12.3. The van der Waals surface area contributed by atoms with Crippen LogP contribution in [-0.2, 0) is 9.59 Å². The molecule has 26 heavy (non-hydrogen) atoms. The normalized spacial score (nSPS) is 10.6. The van der Waals surface area contributed by atoms with Crippen molar-refractivity contribution in [2.24, 2.45) is 0 Å². The van der Waals surface area contributed by atoms with Crippen molar-refractivity contribution < 1.29 is 9.59 Å². The van der Waals surface area contributed by atoms with E-state index in [0.29, 0.717) is 22.1 Å². The van der Waals surface area contributed by atoms with E-state index < -0.39 is 5.91 Å². The lowest BCUT2D eigenvalue weighted by Gasteiger charge is -2.09. The number of benzene rings is 2. The van der Waals surface area contributed by atoms with Gasteiger partial charge in [-0.2, -0.15) is 5.26 Å². The van der Waals surface area contributed by atoms with Crippen LogP contribution in [0.15, 0.2) is 54.2 Å². The smallest absolute Gasteiger partial charge is 0.267 e. The lowest BCUT2D eigenvalue weighted by Crippen LogP contribution is -2.15. The van der Waals surface area contributed by atoms with Crippen LogP contribution in [0.1, 0.15) is 12.5 Å². The largest absolute Gasteiger partial charge is 0.360 e. The van der Waals surface area contributed by atoms with E-state index in [4.69, 9.17) is 11.6 Å². The Morgan fingerprint density at radius 3 is 2.35 bits per heavy atom. The molecule has 6 nitrogen and oxygen atoms in total. The number of hydrogen-bond donors (Lipinski definition) is 3. The second kappa shape index (κ2) is 8.70. The highest BCUT2D eigenvalue weighted by Crippen LogP contribution is 2.21. The highest BCUT2D eigenvalue weighted by molar-refractivity contribution is 6.31. The number of carbonyl (C=O) groups excluding carboxylic acids is 2. The summed E-state index contributed by atoms with van der Waals surface area (Å²) < 4.78 is 0. The molecule has 0 aliphatic heterocycles. The zero-order chi connectivity index (χ0) is 19.1. The number of rotatable bonds is 5. The summed E-state index contributed by atoms with van der Waals surface area (Å²) in [5, 5.41) is 17.9. The van der Waals surface area contributed by atoms with E-state index in [1.165, 1.54) is 13.1 Å². The summed E-state index contributed by atoms with van der Waals surface area (Å²) >= 11 is 5.93. The van der Waals surface area contributed by atoms with Crippen molar-refractivity contribution in [3.8, 4) is 6.07 Å². The Morgan fingerprint density at radius 1 is 1.08 bits per heavy atom. The minimum atomic E-state index is -0.541. The van der Waals surface area contributed by atoms with Crippen LogP contribution in [0, 0.1) is 18.3 Å². The zero-order valence-electron chi connectivity index (χ0n) is 14.3. The van der Waals surface area contributed by atoms with Gasteiger partial charge in [-0.1, -0.05) is 17.7 Å². The average molecular weight is 369 g/mol. The maximum Gasteiger partial charge on any atom is 0.267 e. The van der Waals surface area contributed by atoms with E-state index in [2.05, 4.69) is 16.0 Å². The quantitative estimate of drug-likeness (QED) is 0.547. The van der Waals surface area contributed by atoms with Gasteiger partial charge >= 0.3 is 0 Å². The van der Waals surface area contributed by atoms with Crippen LogP contribution in [0.5, 0.6) is 0 Å². The monoisotopic (exact) mass is 368 g/mol. The van der Waals surface area contributed by atoms with Crippen LogP contribution in [-0.4, -0.2) is 11.8 Å². The van der Waals surface area contributed by atoms with Gasteiger partial charge in [0.2, 0.25) is 5.91 Å². The van der Waals surface area contributed by atoms with Crippen molar-refractivity contribution in [3.63, 3.8) is 0 Å². The summed E-state index contributed by atoms with van der Waals surface area (Å²) in [5.74, 6) is -0.703. The fourth-order valence-electron chi connectivity index (χ4n) is 2.08. The van der Waals surface area contributed by atoms with Crippen LogP contribution in [0.4, 0.5) is 17.1 Å². The highest BCUT2D eigenvalue weighted by atomic mass is 35.5. The summed E-state index contributed by atoms with van der Waals surface area (Å²) in [7, 11) is 0. The molecule has 0 saturated heterocycles. The Bertz CT molecular complexity index is 899. The third kappa shape index (κ3) is 5.36. The van der Waals surface area contributed by atoms with Gasteiger partial charge in [0.1, 0.15) is 11.6 Å². The van der Waals surface area contributed by atoms with E-state index in [1.807, 2.05) is 13.0 Å². The molecule has 2 aromatic carbocycles. The molecule has 0 spiro atoms. The number of anilines is 3. The molecule has 3 N–H and O–H groups in total. The molecule has 2 aromatic rings. The Morgan fingerprint density at radius 2 is 1.73 bits per heavy atom. The van der Waals surface area contributed by atoms with Gasteiger partial charge in [-0.25, -0.2) is 0 Å². The minimum Gasteiger partial charge on any atom is -0.360 e. The van der Waals surface area contributed by atoms with Gasteiger partial charge in [0, 0.05) is 35.2 Å². The third-order valence-electron chi connectivity index (χ3n) is 3.40. The summed E-state index contributed by atoms with van der Waals surface area (Å²) in [6.07, 6.45) is 1.32. The van der Waals surface area contributed by atoms with Gasteiger partial charge in [-0.15, -0.1) is 0 Å². The molecular weight excluding hydrogens is 352 g/mol. The molecule has 0 atom stereocenters. The highest BCUT2D eigenvalue weighted by Gasteiger charge is 2.11. The van der Waals surface area contributed by atoms with Crippen molar-refractivity contribution >= 4 is 40.5 Å². The second-order valence-electron chi connectivity index (χ2n) is 5.49. The summed E-state index contributed by atoms with van der Waals surface area (Å²) in [6.45, 7) is 3.25. The van der Waals surface area contributed by atoms with Gasteiger partial charge < -0.3 is 16.0 Å². The molecule has 0 saturated carbocycles. The molecule has 0 radical (unpaired) electrons. The number of hydrogen-bond acceptors (Lipinski definition) is 4. The molecule has 0 heterocycles. The van der Waals surface area contributed by atoms with Gasteiger partial charge in [-0.3, -0.25) is 9.59 Å². The first-order valence-electron chi connectivity index (χ1n) is 7.71. The van der Waals surface area contributed by atoms with Gasteiger partial charge in [0.25, 0.3) is 5.91 Å². The molecular formula is C19H17ClN4O2. The topological polar surface area (TPSA) is 94.0 Å². The van der Waals surface area contributed by atoms with E-state index in [0.717, 1.165) is 5.56 Å². The Hall–Kier alpha value is -3.30. The van der Waals surface area contributed by atoms with Crippen LogP contribution in [0.3, 0.4) is 0 Å². The molecule has 0 aliphatic rings. The van der Waals surface area contributed by atoms with Crippen molar-refractivity contribution in [2.75, 3.05) is 16.0 Å². The average Bonchev–Trinajstić information content (AvgIpc) is 2.59. The molecule has 7 heteroatoms. The van der Waals surface area contributed by atoms with Crippen LogP contribution in [0.25, 0.3) is 0 Å². The molecule has 0 aromatic heterocycles. The lowest BCUT2D eigenvalue weighted by atomic mass is 10.2. The van der Waals surface area contributed by atoms with Gasteiger partial charge in [-0.05, 0) is 48.9 Å². The Labute approximate surface area is 156 Å². The fraction of sp³-hybridized carbons (Fsp3) is 0.105. The Kier molecular flexibility index (Phi) is 6.36. The van der Waals surface area contributed by atoms with Crippen molar-refractivity contribution in [2.45, 2.75) is 13.8 Å². The Balaban J connectivity index is 2.07. The zero-order valence-corrected chi connectivity index (χ0v) is 15.0. The van der Waals surface area contributed by atoms with E-state index in [9.17, 15) is 14.9 Å². The van der Waals surface area contributed by atoms with Crippen molar-refractivity contribution in [3.05, 3.63) is 64.8 Å². The van der Waals surface area contributed by atoms with E-state index >= 15 is 0 Å². The van der Waals surface area contributed by atoms with E-state index in [-0.39, 0.29) is 11.5 Å². The van der Waals surface area contributed by atoms with Crippen molar-refractivity contribution in [1.29, 1.82) is 5.26 Å². The summed E-state index contributed by atoms with van der Waals surface area (Å²) in [4.78, 5) is 23.3. The molecule has 132 valence electrons. The number of nitriles is 1. The maximum atomic E-state index is 12.3. The molecule has 0 fully saturated rings. The van der Waals surface area contributed by atoms with Crippen LogP contribution >= 0.6 is 11.6 Å². The van der Waals surface area contributed by atoms with Gasteiger partial charge in [0.05, 0.1) is 0 Å². The first kappa shape index (κ1) is 19.0. The number of amides is 2. The first-order valence-corrected chi connectivity index (χ1v) is 8.09. The summed E-state index contributed by atoms with van der Waals surface area (Å²) in [5.41, 5.74) is 2.61. The number of nitrogens with one attached hydrogen (secondary N) is 3. The predicted molar refractivity (Wildman–Crippen MR) is 103 cm³/mol. The van der Waals surface area contributed by atoms with Gasteiger partial charge in [0.15, 0.2) is 0 Å². The fourth-order valence-corrected chi connectivity index (χ4v) is 2.25. The van der Waals surface area contributed by atoms with Crippen molar-refractivity contribution in [1.82, 2.24) is 0 Å². The predicted octanol–water partition coefficient (Wildman–Crippen LogP) is 4.06. The molecule has 0 unspecified atom stereocenters. The lowest BCUT2D eigenvalue weighted by molar-refractivity contribution is -0.114. The standard InChI is InChI=1S/C19H17ClN4O2/c1-12-3-4-15(20)9-18(12)24-19(26)14(10-21)11-22-16-5-7-17(8-6-16)23-13(2)25/h3-9,11,22H,1-2H3,(H,23,25)(H,24,26)/b14-11-. The molecule has 0 aliphatic carbocycles.